The fraction of sp³-hybridized carbons (Fsp3) is 0.160. The summed E-state index contributed by atoms with van der Waals surface area (Å²) in [6.45, 7) is 2.81. The minimum atomic E-state index is -1.72. The second kappa shape index (κ2) is 7.49. The largest absolute Gasteiger partial charge is 0.372 e. The Labute approximate surface area is 180 Å². The molecule has 0 aliphatic carbocycles. The van der Waals surface area contributed by atoms with Crippen LogP contribution in [-0.2, 0) is 23.5 Å². The molecule has 1 amide bonds. The molecule has 0 saturated heterocycles. The highest BCUT2D eigenvalue weighted by Gasteiger charge is 2.51. The summed E-state index contributed by atoms with van der Waals surface area (Å²) in [6, 6.07) is 24.8. The van der Waals surface area contributed by atoms with E-state index in [1.54, 1.807) is 15.6 Å². The molecule has 4 aromatic rings. The van der Waals surface area contributed by atoms with Crippen molar-refractivity contribution in [2.24, 2.45) is 0 Å². The Bertz CT molecular complexity index is 1230. The number of hydrogen-bond acceptors (Lipinski definition) is 4. The van der Waals surface area contributed by atoms with Gasteiger partial charge < -0.3 is 10.0 Å². The maximum atomic E-state index is 13.5. The molecule has 0 spiro atoms. The van der Waals surface area contributed by atoms with Gasteiger partial charge in [-0.25, -0.2) is 4.68 Å². The molecule has 1 atom stereocenters. The Morgan fingerprint density at radius 1 is 0.903 bits per heavy atom. The van der Waals surface area contributed by atoms with E-state index in [0.717, 1.165) is 11.1 Å². The summed E-state index contributed by atoms with van der Waals surface area (Å²) in [5.41, 5.74) is 2.96. The van der Waals surface area contributed by atoms with Crippen LogP contribution in [-0.4, -0.2) is 26.0 Å². The van der Waals surface area contributed by atoms with Gasteiger partial charge in [0.25, 0.3) is 5.91 Å². The number of carbonyl (C=O) groups is 1. The molecule has 0 unspecified atom stereocenters. The summed E-state index contributed by atoms with van der Waals surface area (Å²) in [7, 11) is 0. The first-order valence-corrected chi connectivity index (χ1v) is 10.2. The van der Waals surface area contributed by atoms with Gasteiger partial charge in [0.05, 0.1) is 25.0 Å². The summed E-state index contributed by atoms with van der Waals surface area (Å²) >= 11 is 0. The van der Waals surface area contributed by atoms with Crippen LogP contribution in [0.3, 0.4) is 0 Å². The summed E-state index contributed by atoms with van der Waals surface area (Å²) in [6.07, 6.45) is 1.84. The van der Waals surface area contributed by atoms with Gasteiger partial charge in [-0.05, 0) is 24.1 Å². The fourth-order valence-electron chi connectivity index (χ4n) is 4.09. The second-order valence-electron chi connectivity index (χ2n) is 7.88. The van der Waals surface area contributed by atoms with E-state index in [4.69, 9.17) is 0 Å². The Balaban J connectivity index is 1.45. The topological polar surface area (TPSA) is 71.2 Å². The first kappa shape index (κ1) is 19.2. The van der Waals surface area contributed by atoms with Gasteiger partial charge in [0.2, 0.25) is 0 Å². The number of aliphatic hydroxyl groups is 1. The summed E-state index contributed by atoms with van der Waals surface area (Å²) in [5.74, 6) is -0.379. The van der Waals surface area contributed by atoms with Crippen LogP contribution in [0.4, 0.5) is 5.69 Å². The molecule has 0 fully saturated rings. The predicted octanol–water partition coefficient (Wildman–Crippen LogP) is 3.42. The molecule has 6 heteroatoms. The van der Waals surface area contributed by atoms with E-state index in [1.807, 2.05) is 85.9 Å². The van der Waals surface area contributed by atoms with Crippen molar-refractivity contribution in [1.29, 1.82) is 0 Å². The minimum absolute atomic E-state index is 0.235. The SMILES string of the molecule is Cc1ccc([C@]2(O)C(=O)N(Cc3cn(Cc4ccccc4)nn3)c3ccccc32)cc1. The van der Waals surface area contributed by atoms with Crippen molar-refractivity contribution in [2.75, 3.05) is 4.90 Å². The predicted molar refractivity (Wildman–Crippen MR) is 117 cm³/mol. The molecule has 6 nitrogen and oxygen atoms in total. The second-order valence-corrected chi connectivity index (χ2v) is 7.88. The number of rotatable bonds is 5. The minimum Gasteiger partial charge on any atom is -0.372 e. The number of nitrogens with zero attached hydrogens (tertiary/aromatic N) is 4. The molecule has 0 saturated carbocycles. The maximum Gasteiger partial charge on any atom is 0.268 e. The molecule has 31 heavy (non-hydrogen) atoms. The summed E-state index contributed by atoms with van der Waals surface area (Å²) in [5, 5.41) is 20.0. The molecular weight excluding hydrogens is 388 g/mol. The van der Waals surface area contributed by atoms with Crippen LogP contribution < -0.4 is 4.90 Å². The zero-order valence-corrected chi connectivity index (χ0v) is 17.1. The van der Waals surface area contributed by atoms with Crippen LogP contribution in [0.15, 0.2) is 85.1 Å². The van der Waals surface area contributed by atoms with E-state index in [-0.39, 0.29) is 12.5 Å². The number of para-hydroxylation sites is 1. The average Bonchev–Trinajstić information content (AvgIpc) is 3.32. The van der Waals surface area contributed by atoms with Crippen LogP contribution in [0.25, 0.3) is 0 Å². The molecule has 154 valence electrons. The summed E-state index contributed by atoms with van der Waals surface area (Å²) in [4.78, 5) is 15.1. The number of carbonyl (C=O) groups excluding carboxylic acids is 1. The van der Waals surface area contributed by atoms with E-state index in [0.29, 0.717) is 29.1 Å². The highest BCUT2D eigenvalue weighted by atomic mass is 16.3. The van der Waals surface area contributed by atoms with Gasteiger partial charge in [0.1, 0.15) is 5.69 Å². The van der Waals surface area contributed by atoms with Crippen LogP contribution in [0.1, 0.15) is 27.9 Å². The number of amides is 1. The van der Waals surface area contributed by atoms with Gasteiger partial charge in [0.15, 0.2) is 5.60 Å². The number of aromatic nitrogens is 3. The van der Waals surface area contributed by atoms with E-state index in [1.165, 1.54) is 0 Å². The van der Waals surface area contributed by atoms with Gasteiger partial charge in [-0.1, -0.05) is 83.6 Å². The van der Waals surface area contributed by atoms with Crippen LogP contribution in [0.2, 0.25) is 0 Å². The molecule has 1 aliphatic rings. The molecule has 1 aromatic heterocycles. The highest BCUT2D eigenvalue weighted by molar-refractivity contribution is 6.08. The normalized spacial score (nSPS) is 17.7. The van der Waals surface area contributed by atoms with E-state index >= 15 is 0 Å². The smallest absolute Gasteiger partial charge is 0.268 e. The van der Waals surface area contributed by atoms with Crippen molar-refractivity contribution in [1.82, 2.24) is 15.0 Å². The molecule has 3 aromatic carbocycles. The van der Waals surface area contributed by atoms with Gasteiger partial charge >= 0.3 is 0 Å². The average molecular weight is 410 g/mol. The lowest BCUT2D eigenvalue weighted by Gasteiger charge is -2.23. The standard InChI is InChI=1S/C25H22N4O2/c1-18-11-13-20(14-12-18)25(31)22-9-5-6-10-23(22)29(24(25)30)17-21-16-28(27-26-21)15-19-7-3-2-4-8-19/h2-14,16,31H,15,17H2,1H3/t25-/m1/s1. The lowest BCUT2D eigenvalue weighted by Crippen LogP contribution is -2.40. The molecule has 0 radical (unpaired) electrons. The Morgan fingerprint density at radius 2 is 1.61 bits per heavy atom. The van der Waals surface area contributed by atoms with Crippen molar-refractivity contribution < 1.29 is 9.90 Å². The van der Waals surface area contributed by atoms with Crippen molar-refractivity contribution in [2.45, 2.75) is 25.6 Å². The first-order chi connectivity index (χ1) is 15.1. The summed E-state index contributed by atoms with van der Waals surface area (Å²) < 4.78 is 1.75. The Kier molecular flexibility index (Phi) is 4.64. The maximum absolute atomic E-state index is 13.5. The zero-order chi connectivity index (χ0) is 21.4. The third-order valence-electron chi connectivity index (χ3n) is 5.70. The molecule has 0 bridgehead atoms. The quantitative estimate of drug-likeness (QED) is 0.547. The van der Waals surface area contributed by atoms with E-state index in [2.05, 4.69) is 10.3 Å². The monoisotopic (exact) mass is 410 g/mol. The van der Waals surface area contributed by atoms with Gasteiger partial charge in [-0.15, -0.1) is 5.10 Å². The van der Waals surface area contributed by atoms with Crippen molar-refractivity contribution in [3.8, 4) is 0 Å². The number of benzene rings is 3. The van der Waals surface area contributed by atoms with E-state index in [9.17, 15) is 9.90 Å². The Hall–Kier alpha value is -3.77. The molecular formula is C25H22N4O2. The van der Waals surface area contributed by atoms with Crippen LogP contribution >= 0.6 is 0 Å². The number of fused-ring (bicyclic) bond motifs is 1. The molecule has 2 heterocycles. The lowest BCUT2D eigenvalue weighted by molar-refractivity contribution is -0.132. The molecule has 1 N–H and O–H groups in total. The number of aryl methyl sites for hydroxylation is 1. The van der Waals surface area contributed by atoms with Crippen molar-refractivity contribution >= 4 is 11.6 Å². The Morgan fingerprint density at radius 3 is 2.39 bits per heavy atom. The molecule has 5 rings (SSSR count). The zero-order valence-electron chi connectivity index (χ0n) is 17.1. The van der Waals surface area contributed by atoms with Gasteiger partial charge in [-0.3, -0.25) is 4.79 Å². The third-order valence-corrected chi connectivity index (χ3v) is 5.70. The van der Waals surface area contributed by atoms with Crippen LogP contribution in [0.5, 0.6) is 0 Å². The molecule has 1 aliphatic heterocycles. The highest BCUT2D eigenvalue weighted by Crippen LogP contribution is 2.44. The van der Waals surface area contributed by atoms with Gasteiger partial charge in [0, 0.05) is 5.56 Å². The number of hydrogen-bond donors (Lipinski definition) is 1. The van der Waals surface area contributed by atoms with Crippen molar-refractivity contribution in [3.05, 3.63) is 113 Å². The third kappa shape index (κ3) is 3.31. The van der Waals surface area contributed by atoms with Gasteiger partial charge in [-0.2, -0.15) is 0 Å². The number of anilines is 1. The lowest BCUT2D eigenvalue weighted by atomic mass is 9.87. The van der Waals surface area contributed by atoms with Crippen molar-refractivity contribution in [3.63, 3.8) is 0 Å². The van der Waals surface area contributed by atoms with Crippen LogP contribution in [0, 0.1) is 6.92 Å². The van der Waals surface area contributed by atoms with E-state index < -0.39 is 5.60 Å². The fourth-order valence-corrected chi connectivity index (χ4v) is 4.09. The first-order valence-electron chi connectivity index (χ1n) is 10.2.